The highest BCUT2D eigenvalue weighted by atomic mass is 32.2. The maximum Gasteiger partial charge on any atom is 0.265 e. The van der Waals surface area contributed by atoms with E-state index in [1.807, 2.05) is 13.0 Å². The van der Waals surface area contributed by atoms with Crippen molar-refractivity contribution in [1.82, 2.24) is 15.1 Å². The summed E-state index contributed by atoms with van der Waals surface area (Å²) in [5, 5.41) is 6.60. The third kappa shape index (κ3) is 3.79. The van der Waals surface area contributed by atoms with Gasteiger partial charge >= 0.3 is 0 Å². The maximum atomic E-state index is 12.9. The molecule has 28 heavy (non-hydrogen) atoms. The summed E-state index contributed by atoms with van der Waals surface area (Å²) < 4.78 is 33.9. The Morgan fingerprint density at radius 3 is 2.71 bits per heavy atom. The van der Waals surface area contributed by atoms with E-state index in [0.29, 0.717) is 16.9 Å². The number of sulfonamides is 1. The zero-order chi connectivity index (χ0) is 20.5. The molecule has 148 valence electrons. The van der Waals surface area contributed by atoms with E-state index >= 15 is 0 Å². The largest absolute Gasteiger partial charge is 0.458 e. The first-order chi connectivity index (χ1) is 13.2. The lowest BCUT2D eigenvalue weighted by Crippen LogP contribution is -2.21. The minimum atomic E-state index is -3.86. The fraction of sp³-hybridized carbons (Fsp3) is 0.263. The number of carbonyl (C=O) groups excluding carboxylic acids is 1. The number of carbonyl (C=O) groups is 1. The van der Waals surface area contributed by atoms with Gasteiger partial charge in [0.25, 0.3) is 15.9 Å². The molecule has 1 aromatic carbocycles. The van der Waals surface area contributed by atoms with Crippen LogP contribution in [0.1, 0.15) is 28.6 Å². The SMILES string of the molecule is CCc1cccc(NS(=O)(=O)c2cc(-c3[nH]ncc3C(=O)N(C)C)oc2C)c1. The van der Waals surface area contributed by atoms with Crippen molar-refractivity contribution in [3.63, 3.8) is 0 Å². The number of hydrogen-bond acceptors (Lipinski definition) is 5. The van der Waals surface area contributed by atoms with Crippen LogP contribution in [-0.4, -0.2) is 43.5 Å². The number of aryl methyl sites for hydroxylation is 2. The van der Waals surface area contributed by atoms with Crippen molar-refractivity contribution < 1.29 is 17.6 Å². The average Bonchev–Trinajstić information content (AvgIpc) is 3.27. The van der Waals surface area contributed by atoms with Crippen LogP contribution in [0, 0.1) is 6.92 Å². The molecule has 0 aliphatic rings. The molecule has 9 heteroatoms. The predicted octanol–water partition coefficient (Wildman–Crippen LogP) is 3.04. The molecule has 2 N–H and O–H groups in total. The summed E-state index contributed by atoms with van der Waals surface area (Å²) in [6.45, 7) is 3.56. The first-order valence-electron chi connectivity index (χ1n) is 8.70. The van der Waals surface area contributed by atoms with Crippen LogP contribution in [-0.2, 0) is 16.4 Å². The number of benzene rings is 1. The van der Waals surface area contributed by atoms with Crippen LogP contribution in [0.2, 0.25) is 0 Å². The molecule has 2 heterocycles. The minimum Gasteiger partial charge on any atom is -0.458 e. The molecule has 0 fully saturated rings. The molecule has 0 saturated heterocycles. The fourth-order valence-electron chi connectivity index (χ4n) is 2.80. The predicted molar refractivity (Wildman–Crippen MR) is 106 cm³/mol. The molecule has 3 rings (SSSR count). The number of rotatable bonds is 6. The molecule has 2 aromatic heterocycles. The van der Waals surface area contributed by atoms with E-state index in [9.17, 15) is 13.2 Å². The standard InChI is InChI=1S/C19H22N4O4S/c1-5-13-7-6-8-14(9-13)22-28(25,26)17-10-16(27-12(17)2)18-15(11-20-21-18)19(24)23(3)4/h6-11,22H,5H2,1-4H3,(H,20,21). The maximum absolute atomic E-state index is 12.9. The number of aromatic amines is 1. The van der Waals surface area contributed by atoms with Crippen molar-refractivity contribution >= 4 is 21.6 Å². The Kier molecular flexibility index (Phi) is 5.28. The second kappa shape index (κ2) is 7.51. The number of nitrogens with zero attached hydrogens (tertiary/aromatic N) is 2. The molecule has 0 bridgehead atoms. The van der Waals surface area contributed by atoms with Crippen LogP contribution < -0.4 is 4.72 Å². The number of anilines is 1. The van der Waals surface area contributed by atoms with E-state index in [1.54, 1.807) is 39.2 Å². The molecule has 8 nitrogen and oxygen atoms in total. The van der Waals surface area contributed by atoms with Gasteiger partial charge in [-0.3, -0.25) is 14.6 Å². The van der Waals surface area contributed by atoms with Gasteiger partial charge in [0.15, 0.2) is 5.76 Å². The summed E-state index contributed by atoms with van der Waals surface area (Å²) in [7, 11) is -0.619. The summed E-state index contributed by atoms with van der Waals surface area (Å²) >= 11 is 0. The monoisotopic (exact) mass is 402 g/mol. The number of nitrogens with one attached hydrogen (secondary N) is 2. The molecule has 0 spiro atoms. The Morgan fingerprint density at radius 1 is 1.29 bits per heavy atom. The zero-order valence-electron chi connectivity index (χ0n) is 16.1. The molecule has 0 atom stereocenters. The highest BCUT2D eigenvalue weighted by molar-refractivity contribution is 7.92. The van der Waals surface area contributed by atoms with Crippen molar-refractivity contribution in [3.8, 4) is 11.5 Å². The first-order valence-corrected chi connectivity index (χ1v) is 10.2. The highest BCUT2D eigenvalue weighted by Gasteiger charge is 2.25. The summed E-state index contributed by atoms with van der Waals surface area (Å²) in [6.07, 6.45) is 2.19. The molecular formula is C19H22N4O4S. The zero-order valence-corrected chi connectivity index (χ0v) is 16.9. The number of furan rings is 1. The number of amides is 1. The molecule has 0 aliphatic heterocycles. The Morgan fingerprint density at radius 2 is 2.04 bits per heavy atom. The van der Waals surface area contributed by atoms with Crippen molar-refractivity contribution in [2.75, 3.05) is 18.8 Å². The van der Waals surface area contributed by atoms with Gasteiger partial charge in [-0.2, -0.15) is 5.10 Å². The summed E-state index contributed by atoms with van der Waals surface area (Å²) in [6, 6.07) is 8.60. The molecule has 3 aromatic rings. The number of H-pyrrole nitrogens is 1. The van der Waals surface area contributed by atoms with E-state index in [0.717, 1.165) is 12.0 Å². The van der Waals surface area contributed by atoms with E-state index in [1.165, 1.54) is 17.2 Å². The van der Waals surface area contributed by atoms with Crippen molar-refractivity contribution in [2.24, 2.45) is 0 Å². The van der Waals surface area contributed by atoms with Crippen molar-refractivity contribution in [3.05, 3.63) is 53.4 Å². The molecule has 0 radical (unpaired) electrons. The van der Waals surface area contributed by atoms with Crippen LogP contribution in [0.25, 0.3) is 11.5 Å². The van der Waals surface area contributed by atoms with Crippen LogP contribution in [0.15, 0.2) is 45.8 Å². The lowest BCUT2D eigenvalue weighted by atomic mass is 10.1. The Bertz CT molecular complexity index is 1110. The van der Waals surface area contributed by atoms with Gasteiger partial charge in [-0.1, -0.05) is 19.1 Å². The quantitative estimate of drug-likeness (QED) is 0.659. The molecule has 0 saturated carbocycles. The Balaban J connectivity index is 1.96. The summed E-state index contributed by atoms with van der Waals surface area (Å²) in [5.41, 5.74) is 2.13. The third-order valence-corrected chi connectivity index (χ3v) is 5.76. The number of aromatic nitrogens is 2. The van der Waals surface area contributed by atoms with Gasteiger partial charge in [-0.05, 0) is 31.0 Å². The van der Waals surface area contributed by atoms with Crippen molar-refractivity contribution in [1.29, 1.82) is 0 Å². The summed E-state index contributed by atoms with van der Waals surface area (Å²) in [5.74, 6) is 0.173. The average molecular weight is 402 g/mol. The Hall–Kier alpha value is -3.07. The molecule has 1 amide bonds. The van der Waals surface area contributed by atoms with Gasteiger partial charge in [-0.25, -0.2) is 8.42 Å². The van der Waals surface area contributed by atoms with Crippen LogP contribution in [0.3, 0.4) is 0 Å². The smallest absolute Gasteiger partial charge is 0.265 e. The summed E-state index contributed by atoms with van der Waals surface area (Å²) in [4.78, 5) is 13.7. The van der Waals surface area contributed by atoms with Crippen LogP contribution >= 0.6 is 0 Å². The van der Waals surface area contributed by atoms with Gasteiger partial charge < -0.3 is 9.32 Å². The second-order valence-electron chi connectivity index (χ2n) is 6.55. The van der Waals surface area contributed by atoms with Gasteiger partial charge in [0.2, 0.25) is 0 Å². The minimum absolute atomic E-state index is 0.00209. The van der Waals surface area contributed by atoms with E-state index in [2.05, 4.69) is 14.9 Å². The van der Waals surface area contributed by atoms with Gasteiger partial charge in [0.1, 0.15) is 16.3 Å². The number of hydrogen-bond donors (Lipinski definition) is 2. The lowest BCUT2D eigenvalue weighted by molar-refractivity contribution is 0.0828. The molecule has 0 aliphatic carbocycles. The first kappa shape index (κ1) is 19.7. The highest BCUT2D eigenvalue weighted by Crippen LogP contribution is 2.30. The topological polar surface area (TPSA) is 108 Å². The van der Waals surface area contributed by atoms with Crippen LogP contribution in [0.5, 0.6) is 0 Å². The van der Waals surface area contributed by atoms with E-state index in [4.69, 9.17) is 4.42 Å². The van der Waals surface area contributed by atoms with Gasteiger partial charge in [0, 0.05) is 25.8 Å². The third-order valence-electron chi connectivity index (χ3n) is 4.27. The lowest BCUT2D eigenvalue weighted by Gasteiger charge is -2.09. The van der Waals surface area contributed by atoms with Gasteiger partial charge in [-0.15, -0.1) is 0 Å². The van der Waals surface area contributed by atoms with Crippen molar-refractivity contribution in [2.45, 2.75) is 25.2 Å². The Labute approximate surface area is 163 Å². The molecule has 0 unspecified atom stereocenters. The fourth-order valence-corrected chi connectivity index (χ4v) is 4.03. The van der Waals surface area contributed by atoms with Gasteiger partial charge in [0.05, 0.1) is 11.8 Å². The normalized spacial score (nSPS) is 11.4. The second-order valence-corrected chi connectivity index (χ2v) is 8.20. The van der Waals surface area contributed by atoms with E-state index in [-0.39, 0.29) is 22.3 Å². The molecular weight excluding hydrogens is 380 g/mol. The van der Waals surface area contributed by atoms with E-state index < -0.39 is 10.0 Å². The van der Waals surface area contributed by atoms with Crippen LogP contribution in [0.4, 0.5) is 5.69 Å².